The van der Waals surface area contributed by atoms with Gasteiger partial charge in [-0.2, -0.15) is 0 Å². The summed E-state index contributed by atoms with van der Waals surface area (Å²) in [6.45, 7) is -0.0941. The van der Waals surface area contributed by atoms with Crippen molar-refractivity contribution in [1.82, 2.24) is 5.32 Å². The zero-order valence-electron chi connectivity index (χ0n) is 15.4. The van der Waals surface area contributed by atoms with Crippen LogP contribution >= 0.6 is 0 Å². The molecule has 0 aliphatic carbocycles. The van der Waals surface area contributed by atoms with E-state index >= 15 is 0 Å². The quantitative estimate of drug-likeness (QED) is 0.557. The second-order valence-electron chi connectivity index (χ2n) is 5.72. The lowest BCUT2D eigenvalue weighted by molar-refractivity contribution is -0.139. The largest absolute Gasteiger partial charge is 0.466 e. The molecule has 0 saturated heterocycles. The zero-order chi connectivity index (χ0) is 20.2. The van der Waals surface area contributed by atoms with Gasteiger partial charge in [0.2, 0.25) is 0 Å². The zero-order valence-corrected chi connectivity index (χ0v) is 15.4. The van der Waals surface area contributed by atoms with Crippen molar-refractivity contribution in [1.29, 1.82) is 0 Å². The number of hydrogen-bond donors (Lipinski definition) is 1. The number of para-hydroxylation sites is 1. The number of nitrogens with one attached hydrogen (secondary N) is 1. The van der Waals surface area contributed by atoms with Crippen LogP contribution in [0.5, 0.6) is 5.75 Å². The summed E-state index contributed by atoms with van der Waals surface area (Å²) in [5.74, 6) is -0.986. The number of hydrogen-bond acceptors (Lipinski definition) is 6. The van der Waals surface area contributed by atoms with E-state index in [4.69, 9.17) is 9.47 Å². The topological polar surface area (TPSA) is 90.9 Å². The van der Waals surface area contributed by atoms with Crippen molar-refractivity contribution < 1.29 is 28.6 Å². The van der Waals surface area contributed by atoms with Gasteiger partial charge in [-0.05, 0) is 24.1 Å². The molecule has 0 spiro atoms. The highest BCUT2D eigenvalue weighted by molar-refractivity contribution is 5.91. The molecule has 1 N–H and O–H groups in total. The van der Waals surface area contributed by atoms with Gasteiger partial charge in [0.05, 0.1) is 13.2 Å². The highest BCUT2D eigenvalue weighted by atomic mass is 16.6. The van der Waals surface area contributed by atoms with Gasteiger partial charge in [0.15, 0.2) is 0 Å². The summed E-state index contributed by atoms with van der Waals surface area (Å²) in [5, 5.41) is 2.69. The summed E-state index contributed by atoms with van der Waals surface area (Å²) >= 11 is 0. The maximum absolute atomic E-state index is 12.2. The van der Waals surface area contributed by atoms with Crippen LogP contribution in [-0.4, -0.2) is 37.8 Å². The maximum Gasteiger partial charge on any atom is 0.412 e. The first kappa shape index (κ1) is 20.7. The molecule has 7 nitrogen and oxygen atoms in total. The predicted octanol–water partition coefficient (Wildman–Crippen LogP) is 2.66. The summed E-state index contributed by atoms with van der Waals surface area (Å²) in [7, 11) is 1.20. The molecule has 0 bridgehead atoms. The Bertz CT molecular complexity index is 804. The van der Waals surface area contributed by atoms with Crippen molar-refractivity contribution in [2.45, 2.75) is 12.5 Å². The van der Waals surface area contributed by atoms with Crippen LogP contribution in [0.4, 0.5) is 4.79 Å². The van der Waals surface area contributed by atoms with Crippen LogP contribution in [0.25, 0.3) is 0 Å². The second-order valence-corrected chi connectivity index (χ2v) is 5.72. The number of benzene rings is 2. The molecule has 0 heterocycles. The first-order valence-electron chi connectivity index (χ1n) is 8.57. The van der Waals surface area contributed by atoms with Crippen LogP contribution in [0, 0.1) is 0 Å². The molecule has 0 aromatic heterocycles. The van der Waals surface area contributed by atoms with Gasteiger partial charge in [0.25, 0.3) is 0 Å². The van der Waals surface area contributed by atoms with Crippen molar-refractivity contribution in [3.05, 3.63) is 78.4 Å². The SMILES string of the molecule is COC(=O)/C=C/C(=O)OC[C@@H](Cc1ccccc1)NC(=O)Oc1ccccc1. The van der Waals surface area contributed by atoms with Crippen LogP contribution in [0.1, 0.15) is 5.56 Å². The fraction of sp³-hybridized carbons (Fsp3) is 0.190. The lowest BCUT2D eigenvalue weighted by Gasteiger charge is -2.18. The van der Waals surface area contributed by atoms with Crippen molar-refractivity contribution in [2.75, 3.05) is 13.7 Å². The summed E-state index contributed by atoms with van der Waals surface area (Å²) in [6, 6.07) is 17.5. The smallest absolute Gasteiger partial charge is 0.412 e. The van der Waals surface area contributed by atoms with Gasteiger partial charge in [0.1, 0.15) is 12.4 Å². The molecule has 0 radical (unpaired) electrons. The fourth-order valence-electron chi connectivity index (χ4n) is 2.28. The molecule has 1 atom stereocenters. The van der Waals surface area contributed by atoms with E-state index in [9.17, 15) is 14.4 Å². The Morgan fingerprint density at radius 1 is 0.929 bits per heavy atom. The van der Waals surface area contributed by atoms with E-state index in [1.165, 1.54) is 7.11 Å². The highest BCUT2D eigenvalue weighted by Gasteiger charge is 2.16. The molecule has 0 unspecified atom stereocenters. The van der Waals surface area contributed by atoms with Crippen LogP contribution < -0.4 is 10.1 Å². The fourth-order valence-corrected chi connectivity index (χ4v) is 2.28. The van der Waals surface area contributed by atoms with Gasteiger partial charge >= 0.3 is 18.0 Å². The number of methoxy groups -OCH3 is 1. The molecule has 0 saturated carbocycles. The third-order valence-electron chi connectivity index (χ3n) is 3.58. The molecular weight excluding hydrogens is 362 g/mol. The van der Waals surface area contributed by atoms with Crippen LogP contribution in [0.2, 0.25) is 0 Å². The number of carbonyl (C=O) groups is 3. The van der Waals surface area contributed by atoms with Crippen molar-refractivity contribution >= 4 is 18.0 Å². The lowest BCUT2D eigenvalue weighted by atomic mass is 10.1. The van der Waals surface area contributed by atoms with Gasteiger partial charge in [-0.3, -0.25) is 0 Å². The lowest BCUT2D eigenvalue weighted by Crippen LogP contribution is -2.41. The molecule has 2 aromatic carbocycles. The van der Waals surface area contributed by atoms with Gasteiger partial charge in [-0.15, -0.1) is 0 Å². The summed E-state index contributed by atoms with van der Waals surface area (Å²) in [5.41, 5.74) is 0.952. The van der Waals surface area contributed by atoms with Gasteiger partial charge in [-0.1, -0.05) is 48.5 Å². The molecule has 1 amide bonds. The standard InChI is InChI=1S/C21H21NO6/c1-26-19(23)12-13-20(24)27-15-17(14-16-8-4-2-5-9-16)22-21(25)28-18-10-6-3-7-11-18/h2-13,17H,14-15H2,1H3,(H,22,25)/b13-12+/t17-/m1/s1. The molecule has 0 aliphatic heterocycles. The monoisotopic (exact) mass is 383 g/mol. The third-order valence-corrected chi connectivity index (χ3v) is 3.58. The Morgan fingerprint density at radius 2 is 1.54 bits per heavy atom. The first-order chi connectivity index (χ1) is 13.6. The van der Waals surface area contributed by atoms with E-state index in [1.807, 2.05) is 36.4 Å². The normalized spacial score (nSPS) is 11.5. The van der Waals surface area contributed by atoms with Gasteiger partial charge < -0.3 is 19.5 Å². The van der Waals surface area contributed by atoms with Gasteiger partial charge in [0, 0.05) is 12.2 Å². The van der Waals surface area contributed by atoms with Crippen molar-refractivity contribution in [3.63, 3.8) is 0 Å². The number of carbonyl (C=O) groups excluding carboxylic acids is 3. The minimum atomic E-state index is -0.721. The second kappa shape index (κ2) is 11.2. The molecule has 2 aromatic rings. The van der Waals surface area contributed by atoms with E-state index in [0.717, 1.165) is 17.7 Å². The average molecular weight is 383 g/mol. The van der Waals surface area contributed by atoms with Crippen molar-refractivity contribution in [2.24, 2.45) is 0 Å². The number of ether oxygens (including phenoxy) is 3. The van der Waals surface area contributed by atoms with Gasteiger partial charge in [-0.25, -0.2) is 14.4 Å². The van der Waals surface area contributed by atoms with Crippen LogP contribution in [0.3, 0.4) is 0 Å². The third kappa shape index (κ3) is 7.74. The molecule has 2 rings (SSSR count). The molecule has 7 heteroatoms. The number of amides is 1. The molecule has 146 valence electrons. The summed E-state index contributed by atoms with van der Waals surface area (Å²) in [6.07, 6.45) is 1.70. The Labute approximate surface area is 162 Å². The molecular formula is C21H21NO6. The number of rotatable bonds is 8. The first-order valence-corrected chi connectivity index (χ1v) is 8.57. The van der Waals surface area contributed by atoms with E-state index in [1.54, 1.807) is 24.3 Å². The minimum Gasteiger partial charge on any atom is -0.466 e. The molecule has 28 heavy (non-hydrogen) atoms. The molecule has 0 aliphatic rings. The van der Waals surface area contributed by atoms with E-state index in [2.05, 4.69) is 10.1 Å². The van der Waals surface area contributed by atoms with E-state index in [-0.39, 0.29) is 6.61 Å². The summed E-state index contributed by atoms with van der Waals surface area (Å²) in [4.78, 5) is 34.9. The average Bonchev–Trinajstić information content (AvgIpc) is 2.71. The van der Waals surface area contributed by atoms with Crippen LogP contribution in [0.15, 0.2) is 72.8 Å². The summed E-state index contributed by atoms with van der Waals surface area (Å²) < 4.78 is 14.7. The maximum atomic E-state index is 12.2. The minimum absolute atomic E-state index is 0.0941. The number of esters is 2. The van der Waals surface area contributed by atoms with E-state index in [0.29, 0.717) is 12.2 Å². The predicted molar refractivity (Wildman–Crippen MR) is 102 cm³/mol. The molecule has 0 fully saturated rings. The highest BCUT2D eigenvalue weighted by Crippen LogP contribution is 2.09. The van der Waals surface area contributed by atoms with Crippen molar-refractivity contribution in [3.8, 4) is 5.75 Å². The Balaban J connectivity index is 1.96. The Hall–Kier alpha value is -3.61. The van der Waals surface area contributed by atoms with E-state index < -0.39 is 24.1 Å². The van der Waals surface area contributed by atoms with Crippen LogP contribution in [-0.2, 0) is 25.5 Å². The Morgan fingerprint density at radius 3 is 2.18 bits per heavy atom. The Kier molecular flexibility index (Phi) is 8.26.